The Labute approximate surface area is 167 Å². The van der Waals surface area contributed by atoms with Crippen molar-refractivity contribution in [2.24, 2.45) is 4.99 Å². The molecule has 2 aromatic rings. The van der Waals surface area contributed by atoms with Crippen LogP contribution >= 0.6 is 0 Å². The number of benzene rings is 2. The molecule has 0 radical (unpaired) electrons. The molecule has 2 heterocycles. The second-order valence-corrected chi connectivity index (χ2v) is 6.15. The van der Waals surface area contributed by atoms with Crippen molar-refractivity contribution >= 4 is 17.9 Å². The summed E-state index contributed by atoms with van der Waals surface area (Å²) in [5.41, 5.74) is 1.44. The summed E-state index contributed by atoms with van der Waals surface area (Å²) < 4.78 is 32.4. The third-order valence-electron chi connectivity index (χ3n) is 4.40. The molecule has 0 amide bonds. The Morgan fingerprint density at radius 3 is 2.28 bits per heavy atom. The Morgan fingerprint density at radius 2 is 1.62 bits per heavy atom. The number of methoxy groups -OCH3 is 3. The molecular weight excluding hydrogens is 378 g/mol. The second kappa shape index (κ2) is 7.75. The van der Waals surface area contributed by atoms with Gasteiger partial charge in [0.1, 0.15) is 13.2 Å². The van der Waals surface area contributed by atoms with Gasteiger partial charge in [-0.2, -0.15) is 0 Å². The number of carbonyl (C=O) groups is 1. The molecule has 0 N–H and O–H groups in total. The fourth-order valence-electron chi connectivity index (χ4n) is 3.04. The van der Waals surface area contributed by atoms with Gasteiger partial charge in [0.25, 0.3) is 0 Å². The summed E-state index contributed by atoms with van der Waals surface area (Å²) in [6.07, 6.45) is 1.63. The van der Waals surface area contributed by atoms with E-state index in [4.69, 9.17) is 28.4 Å². The zero-order valence-corrected chi connectivity index (χ0v) is 16.2. The summed E-state index contributed by atoms with van der Waals surface area (Å²) in [6.45, 7) is 1.00. The number of aliphatic imine (C=N–C) groups is 1. The molecule has 150 valence electrons. The molecule has 2 aromatic carbocycles. The molecule has 4 rings (SSSR count). The lowest BCUT2D eigenvalue weighted by atomic mass is 10.1. The average Bonchev–Trinajstić information content (AvgIpc) is 3.12. The SMILES string of the molecule is COc1cc(C2=N/C(=C\c3ccc4c(c3)OCCO4)C(=O)O2)cc(OC)c1OC. The third kappa shape index (κ3) is 3.56. The van der Waals surface area contributed by atoms with Gasteiger partial charge in [-0.25, -0.2) is 9.79 Å². The summed E-state index contributed by atoms with van der Waals surface area (Å²) in [5.74, 6) is 2.21. The van der Waals surface area contributed by atoms with Crippen LogP contribution in [0.25, 0.3) is 6.08 Å². The average molecular weight is 397 g/mol. The van der Waals surface area contributed by atoms with E-state index in [-0.39, 0.29) is 11.6 Å². The summed E-state index contributed by atoms with van der Waals surface area (Å²) in [4.78, 5) is 16.7. The highest BCUT2D eigenvalue weighted by Crippen LogP contribution is 2.39. The first kappa shape index (κ1) is 18.7. The lowest BCUT2D eigenvalue weighted by Crippen LogP contribution is -2.15. The highest BCUT2D eigenvalue weighted by molar-refractivity contribution is 6.13. The summed E-state index contributed by atoms with van der Waals surface area (Å²) >= 11 is 0. The van der Waals surface area contributed by atoms with Crippen LogP contribution in [-0.2, 0) is 9.53 Å². The molecule has 8 heteroatoms. The van der Waals surface area contributed by atoms with E-state index >= 15 is 0 Å². The minimum atomic E-state index is -0.552. The van der Waals surface area contributed by atoms with E-state index in [0.717, 1.165) is 5.56 Å². The van der Waals surface area contributed by atoms with Gasteiger partial charge in [0.2, 0.25) is 11.6 Å². The van der Waals surface area contributed by atoms with Crippen molar-refractivity contribution in [2.45, 2.75) is 0 Å². The Balaban J connectivity index is 1.68. The molecule has 0 atom stereocenters. The number of carbonyl (C=O) groups excluding carboxylic acids is 1. The maximum atomic E-state index is 12.3. The van der Waals surface area contributed by atoms with Gasteiger partial charge >= 0.3 is 5.97 Å². The first-order chi connectivity index (χ1) is 14.1. The second-order valence-electron chi connectivity index (χ2n) is 6.15. The van der Waals surface area contributed by atoms with Crippen molar-refractivity contribution in [3.8, 4) is 28.7 Å². The molecular formula is C21H19NO7. The molecule has 0 saturated carbocycles. The molecule has 0 saturated heterocycles. The highest BCUT2D eigenvalue weighted by atomic mass is 16.6. The van der Waals surface area contributed by atoms with E-state index in [2.05, 4.69) is 4.99 Å². The van der Waals surface area contributed by atoms with Crippen LogP contribution in [0.1, 0.15) is 11.1 Å². The van der Waals surface area contributed by atoms with Crippen molar-refractivity contribution in [2.75, 3.05) is 34.5 Å². The number of hydrogen-bond donors (Lipinski definition) is 0. The first-order valence-corrected chi connectivity index (χ1v) is 8.85. The van der Waals surface area contributed by atoms with Gasteiger partial charge in [-0.05, 0) is 35.9 Å². The van der Waals surface area contributed by atoms with Gasteiger partial charge in [-0.15, -0.1) is 0 Å². The van der Waals surface area contributed by atoms with Crippen LogP contribution in [0.5, 0.6) is 28.7 Å². The number of ether oxygens (including phenoxy) is 6. The maximum Gasteiger partial charge on any atom is 0.363 e. The van der Waals surface area contributed by atoms with Crippen LogP contribution in [-0.4, -0.2) is 46.4 Å². The van der Waals surface area contributed by atoms with Gasteiger partial charge in [0, 0.05) is 5.56 Å². The Kier molecular flexibility index (Phi) is 4.99. The van der Waals surface area contributed by atoms with Crippen molar-refractivity contribution < 1.29 is 33.2 Å². The Morgan fingerprint density at radius 1 is 0.931 bits per heavy atom. The number of fused-ring (bicyclic) bond motifs is 1. The van der Waals surface area contributed by atoms with Crippen LogP contribution in [0.3, 0.4) is 0 Å². The summed E-state index contributed by atoms with van der Waals surface area (Å²) in [7, 11) is 4.54. The van der Waals surface area contributed by atoms with Gasteiger partial charge in [-0.3, -0.25) is 0 Å². The largest absolute Gasteiger partial charge is 0.493 e. The zero-order chi connectivity index (χ0) is 20.4. The van der Waals surface area contributed by atoms with Crippen LogP contribution in [0.2, 0.25) is 0 Å². The topological polar surface area (TPSA) is 84.8 Å². The van der Waals surface area contributed by atoms with Gasteiger partial charge in [-0.1, -0.05) is 6.07 Å². The van der Waals surface area contributed by atoms with Crippen molar-refractivity contribution in [3.05, 3.63) is 47.2 Å². The number of rotatable bonds is 5. The smallest absolute Gasteiger partial charge is 0.363 e. The highest BCUT2D eigenvalue weighted by Gasteiger charge is 2.26. The first-order valence-electron chi connectivity index (χ1n) is 8.85. The van der Waals surface area contributed by atoms with Crippen LogP contribution in [0.15, 0.2) is 41.0 Å². The third-order valence-corrected chi connectivity index (χ3v) is 4.40. The minimum Gasteiger partial charge on any atom is -0.493 e. The predicted molar refractivity (Wildman–Crippen MR) is 104 cm³/mol. The van der Waals surface area contributed by atoms with E-state index in [9.17, 15) is 4.79 Å². The normalized spacial score (nSPS) is 16.3. The number of nitrogens with zero attached hydrogens (tertiary/aromatic N) is 1. The van der Waals surface area contributed by atoms with Gasteiger partial charge < -0.3 is 28.4 Å². The summed E-state index contributed by atoms with van der Waals surface area (Å²) in [5, 5.41) is 0. The Hall–Kier alpha value is -3.68. The minimum absolute atomic E-state index is 0.151. The lowest BCUT2D eigenvalue weighted by molar-refractivity contribution is -0.129. The molecule has 0 aromatic heterocycles. The molecule has 2 aliphatic rings. The van der Waals surface area contributed by atoms with Crippen LogP contribution in [0.4, 0.5) is 0 Å². The monoisotopic (exact) mass is 397 g/mol. The van der Waals surface area contributed by atoms with Crippen molar-refractivity contribution in [1.82, 2.24) is 0 Å². The van der Waals surface area contributed by atoms with E-state index in [1.165, 1.54) is 21.3 Å². The number of hydrogen-bond acceptors (Lipinski definition) is 8. The maximum absolute atomic E-state index is 12.3. The van der Waals surface area contributed by atoms with Crippen LogP contribution in [0, 0.1) is 0 Å². The number of esters is 1. The predicted octanol–water partition coefficient (Wildman–Crippen LogP) is 2.83. The Bertz CT molecular complexity index is 1000. The lowest BCUT2D eigenvalue weighted by Gasteiger charge is -2.18. The number of cyclic esters (lactones) is 1. The molecule has 2 aliphatic heterocycles. The van der Waals surface area contributed by atoms with Crippen molar-refractivity contribution in [3.63, 3.8) is 0 Å². The van der Waals surface area contributed by atoms with Crippen LogP contribution < -0.4 is 23.7 Å². The van der Waals surface area contributed by atoms with E-state index in [0.29, 0.717) is 47.5 Å². The van der Waals surface area contributed by atoms with E-state index in [1.807, 2.05) is 6.07 Å². The molecule has 0 aliphatic carbocycles. The van der Waals surface area contributed by atoms with Crippen molar-refractivity contribution in [1.29, 1.82) is 0 Å². The summed E-state index contributed by atoms with van der Waals surface area (Å²) in [6, 6.07) is 8.74. The fraction of sp³-hybridized carbons (Fsp3) is 0.238. The quantitative estimate of drug-likeness (QED) is 0.567. The zero-order valence-electron chi connectivity index (χ0n) is 16.2. The van der Waals surface area contributed by atoms with E-state index in [1.54, 1.807) is 30.3 Å². The standard InChI is InChI=1S/C21H19NO7/c1-24-17-10-13(11-18(25-2)19(17)26-3)20-22-14(21(23)29-20)8-12-4-5-15-16(9-12)28-7-6-27-15/h4-5,8-11H,6-7H2,1-3H3/b14-8-. The molecule has 0 fully saturated rings. The molecule has 0 unspecified atom stereocenters. The molecule has 29 heavy (non-hydrogen) atoms. The van der Waals surface area contributed by atoms with Gasteiger partial charge in [0.15, 0.2) is 28.7 Å². The fourth-order valence-corrected chi connectivity index (χ4v) is 3.04. The molecule has 0 bridgehead atoms. The molecule has 0 spiro atoms. The van der Waals surface area contributed by atoms with E-state index < -0.39 is 5.97 Å². The molecule has 8 nitrogen and oxygen atoms in total. The van der Waals surface area contributed by atoms with Gasteiger partial charge in [0.05, 0.1) is 21.3 Å².